The summed E-state index contributed by atoms with van der Waals surface area (Å²) in [6, 6.07) is 10.0. The van der Waals surface area contributed by atoms with Gasteiger partial charge in [-0.25, -0.2) is 9.98 Å². The summed E-state index contributed by atoms with van der Waals surface area (Å²) in [5.74, 6) is 0.686. The van der Waals surface area contributed by atoms with E-state index in [0.29, 0.717) is 19.0 Å². The molecule has 0 radical (unpaired) electrons. The molecule has 0 atom stereocenters. The van der Waals surface area contributed by atoms with Gasteiger partial charge >= 0.3 is 0 Å². The minimum Gasteiger partial charge on any atom is -0.357 e. The zero-order valence-corrected chi connectivity index (χ0v) is 18.1. The Kier molecular flexibility index (Phi) is 8.94. The number of likely N-dealkylation sites (N-methyl/N-ethyl adjacent to an activating group) is 1. The highest BCUT2D eigenvalue weighted by molar-refractivity contribution is 7.11. The third kappa shape index (κ3) is 6.96. The zero-order valence-electron chi connectivity index (χ0n) is 17.3. The Morgan fingerprint density at radius 1 is 1.18 bits per heavy atom. The summed E-state index contributed by atoms with van der Waals surface area (Å²) in [4.78, 5) is 24.7. The quantitative estimate of drug-likeness (QED) is 0.501. The number of guanidine groups is 1. The number of rotatable bonds is 9. The molecule has 1 aromatic heterocycles. The summed E-state index contributed by atoms with van der Waals surface area (Å²) in [6.45, 7) is 11.0. The third-order valence-electron chi connectivity index (χ3n) is 4.37. The van der Waals surface area contributed by atoms with Gasteiger partial charge in [-0.3, -0.25) is 4.79 Å². The van der Waals surface area contributed by atoms with Crippen LogP contribution in [0.2, 0.25) is 0 Å². The summed E-state index contributed by atoms with van der Waals surface area (Å²) in [7, 11) is 0. The van der Waals surface area contributed by atoms with Crippen molar-refractivity contribution in [3.63, 3.8) is 0 Å². The first-order valence-corrected chi connectivity index (χ1v) is 10.6. The molecule has 0 aliphatic rings. The van der Waals surface area contributed by atoms with Crippen molar-refractivity contribution in [1.29, 1.82) is 0 Å². The number of benzene rings is 1. The van der Waals surface area contributed by atoms with Crippen LogP contribution in [0, 0.1) is 13.8 Å². The molecule has 2 aromatic rings. The zero-order chi connectivity index (χ0) is 20.4. The molecule has 0 fully saturated rings. The fourth-order valence-corrected chi connectivity index (χ4v) is 3.64. The Labute approximate surface area is 172 Å². The first-order valence-electron chi connectivity index (χ1n) is 9.80. The van der Waals surface area contributed by atoms with E-state index < -0.39 is 0 Å². The lowest BCUT2D eigenvalue weighted by molar-refractivity contribution is -0.130. The molecule has 6 nitrogen and oxygen atoms in total. The molecule has 0 spiro atoms. The maximum Gasteiger partial charge on any atom is 0.244 e. The van der Waals surface area contributed by atoms with Crippen molar-refractivity contribution in [3.05, 3.63) is 51.5 Å². The molecular formula is C21H31N5OS. The van der Waals surface area contributed by atoms with Crippen LogP contribution in [0.1, 0.15) is 35.0 Å². The number of aryl methyl sites for hydroxylation is 2. The number of amides is 1. The van der Waals surface area contributed by atoms with E-state index in [1.54, 1.807) is 11.3 Å². The molecule has 28 heavy (non-hydrogen) atoms. The molecule has 0 aliphatic carbocycles. The van der Waals surface area contributed by atoms with Crippen molar-refractivity contribution < 1.29 is 4.79 Å². The normalized spacial score (nSPS) is 11.4. The molecule has 0 saturated carbocycles. The minimum atomic E-state index is 0.0229. The lowest BCUT2D eigenvalue weighted by Gasteiger charge is -2.20. The first-order chi connectivity index (χ1) is 13.5. The Balaban J connectivity index is 1.87. The van der Waals surface area contributed by atoms with Crippen LogP contribution in [0.4, 0.5) is 0 Å². The SMILES string of the molecule is CCNC(=NCC(=O)N(CC)Cc1ccccc1)NCCc1nc(C)c(C)s1. The molecule has 2 N–H and O–H groups in total. The van der Waals surface area contributed by atoms with Gasteiger partial charge in [0, 0.05) is 37.5 Å². The van der Waals surface area contributed by atoms with Crippen LogP contribution in [0.5, 0.6) is 0 Å². The van der Waals surface area contributed by atoms with Crippen molar-refractivity contribution in [1.82, 2.24) is 20.5 Å². The number of aromatic nitrogens is 1. The van der Waals surface area contributed by atoms with Gasteiger partial charge in [0.05, 0.1) is 10.7 Å². The summed E-state index contributed by atoms with van der Waals surface area (Å²) >= 11 is 1.73. The Hall–Kier alpha value is -2.41. The number of nitrogens with one attached hydrogen (secondary N) is 2. The number of carbonyl (C=O) groups is 1. The van der Waals surface area contributed by atoms with Gasteiger partial charge in [-0.15, -0.1) is 11.3 Å². The molecule has 1 aromatic carbocycles. The molecule has 152 valence electrons. The van der Waals surface area contributed by atoms with Crippen LogP contribution < -0.4 is 10.6 Å². The summed E-state index contributed by atoms with van der Waals surface area (Å²) in [5.41, 5.74) is 2.23. The number of carbonyl (C=O) groups excluding carboxylic acids is 1. The second-order valence-electron chi connectivity index (χ2n) is 6.51. The third-order valence-corrected chi connectivity index (χ3v) is 5.50. The van der Waals surface area contributed by atoms with Gasteiger partial charge in [0.2, 0.25) is 5.91 Å². The smallest absolute Gasteiger partial charge is 0.244 e. The van der Waals surface area contributed by atoms with E-state index in [1.165, 1.54) is 4.88 Å². The van der Waals surface area contributed by atoms with Gasteiger partial charge in [-0.05, 0) is 33.3 Å². The molecule has 0 saturated heterocycles. The maximum atomic E-state index is 12.6. The van der Waals surface area contributed by atoms with Crippen molar-refractivity contribution >= 4 is 23.2 Å². The number of thiazole rings is 1. The summed E-state index contributed by atoms with van der Waals surface area (Å²) in [5, 5.41) is 7.61. The van der Waals surface area contributed by atoms with Gasteiger partial charge in [-0.2, -0.15) is 0 Å². The van der Waals surface area contributed by atoms with Gasteiger partial charge in [-0.1, -0.05) is 30.3 Å². The summed E-state index contributed by atoms with van der Waals surface area (Å²) < 4.78 is 0. The Morgan fingerprint density at radius 3 is 2.54 bits per heavy atom. The van der Waals surface area contributed by atoms with Crippen molar-refractivity contribution in [3.8, 4) is 0 Å². The van der Waals surface area contributed by atoms with E-state index in [4.69, 9.17) is 0 Å². The van der Waals surface area contributed by atoms with Gasteiger partial charge in [0.25, 0.3) is 0 Å². The summed E-state index contributed by atoms with van der Waals surface area (Å²) in [6.07, 6.45) is 0.840. The van der Waals surface area contributed by atoms with Crippen molar-refractivity contribution in [2.24, 2.45) is 4.99 Å². The monoisotopic (exact) mass is 401 g/mol. The molecule has 1 amide bonds. The van der Waals surface area contributed by atoms with Gasteiger partial charge in [0.15, 0.2) is 5.96 Å². The van der Waals surface area contributed by atoms with E-state index in [0.717, 1.165) is 35.8 Å². The standard InChI is InChI=1S/C21H31N5OS/c1-5-22-21(23-13-12-19-25-16(3)17(4)28-19)24-14-20(27)26(6-2)15-18-10-8-7-9-11-18/h7-11H,5-6,12-15H2,1-4H3,(H2,22,23,24). The average molecular weight is 402 g/mol. The van der Waals surface area contributed by atoms with Crippen LogP contribution >= 0.6 is 11.3 Å². The maximum absolute atomic E-state index is 12.6. The topological polar surface area (TPSA) is 69.6 Å². The molecule has 7 heteroatoms. The molecule has 0 unspecified atom stereocenters. The molecule has 1 heterocycles. The predicted octanol–water partition coefficient (Wildman–Crippen LogP) is 2.91. The predicted molar refractivity (Wildman–Crippen MR) is 117 cm³/mol. The Morgan fingerprint density at radius 2 is 1.93 bits per heavy atom. The van der Waals surface area contributed by atoms with Gasteiger partial charge < -0.3 is 15.5 Å². The van der Waals surface area contributed by atoms with Crippen molar-refractivity contribution in [2.45, 2.75) is 40.7 Å². The highest BCUT2D eigenvalue weighted by atomic mass is 32.1. The minimum absolute atomic E-state index is 0.0229. The van der Waals surface area contributed by atoms with Crippen molar-refractivity contribution in [2.75, 3.05) is 26.2 Å². The Bertz CT molecular complexity index is 753. The van der Waals surface area contributed by atoms with E-state index in [2.05, 4.69) is 27.5 Å². The second-order valence-corrected chi connectivity index (χ2v) is 7.80. The number of nitrogens with zero attached hydrogens (tertiary/aromatic N) is 3. The van der Waals surface area contributed by atoms with Gasteiger partial charge in [0.1, 0.15) is 6.54 Å². The van der Waals surface area contributed by atoms with Crippen LogP contribution in [-0.2, 0) is 17.8 Å². The molecular weight excluding hydrogens is 370 g/mol. The van der Waals surface area contributed by atoms with E-state index in [9.17, 15) is 4.79 Å². The largest absolute Gasteiger partial charge is 0.357 e. The number of hydrogen-bond acceptors (Lipinski definition) is 4. The van der Waals surface area contributed by atoms with Crippen LogP contribution in [0.15, 0.2) is 35.3 Å². The van der Waals surface area contributed by atoms with Crippen LogP contribution in [0.25, 0.3) is 0 Å². The van der Waals surface area contributed by atoms with E-state index in [-0.39, 0.29) is 12.5 Å². The lowest BCUT2D eigenvalue weighted by Crippen LogP contribution is -2.40. The first kappa shape index (κ1) is 21.9. The highest BCUT2D eigenvalue weighted by Crippen LogP contribution is 2.16. The van der Waals surface area contributed by atoms with E-state index in [1.807, 2.05) is 56.0 Å². The highest BCUT2D eigenvalue weighted by Gasteiger charge is 2.12. The fourth-order valence-electron chi connectivity index (χ4n) is 2.70. The fraction of sp³-hybridized carbons (Fsp3) is 0.476. The molecule has 0 aliphatic heterocycles. The van der Waals surface area contributed by atoms with Crippen LogP contribution in [-0.4, -0.2) is 47.9 Å². The average Bonchev–Trinajstić information content (AvgIpc) is 3.02. The number of hydrogen-bond donors (Lipinski definition) is 2. The molecule has 0 bridgehead atoms. The molecule has 2 rings (SSSR count). The van der Waals surface area contributed by atoms with E-state index >= 15 is 0 Å². The van der Waals surface area contributed by atoms with Crippen LogP contribution in [0.3, 0.4) is 0 Å². The number of aliphatic imine (C=N–C) groups is 1. The second kappa shape index (κ2) is 11.4. The lowest BCUT2D eigenvalue weighted by atomic mass is 10.2.